The van der Waals surface area contributed by atoms with E-state index in [1.807, 2.05) is 0 Å². The second kappa shape index (κ2) is 7.60. The van der Waals surface area contributed by atoms with Gasteiger partial charge in [-0.3, -0.25) is 0 Å². The molecular formula is C9H15AlO4. The summed E-state index contributed by atoms with van der Waals surface area (Å²) in [6.45, 7) is 6.97. The number of hydrogen-bond acceptors (Lipinski definition) is 4. The summed E-state index contributed by atoms with van der Waals surface area (Å²) < 4.78 is -0.708. The molecule has 0 spiro atoms. The van der Waals surface area contributed by atoms with E-state index in [1.165, 1.54) is 34.6 Å². The largest absolute Gasteiger partial charge is 0.546 e. The number of Topliss-reactive ketones (excluding diaryl/α,β-unsaturated/α-hetero) is 1. The van der Waals surface area contributed by atoms with Crippen molar-refractivity contribution in [1.82, 2.24) is 0 Å². The van der Waals surface area contributed by atoms with Gasteiger partial charge in [-0.1, -0.05) is 0 Å². The molecule has 0 saturated carbocycles. The number of carbonyl (C=O) groups is 4. The average molecular weight is 214 g/mol. The monoisotopic (exact) mass is 214 g/mol. The third kappa shape index (κ3) is 9.30. The van der Waals surface area contributed by atoms with Gasteiger partial charge in [-0.25, -0.2) is 0 Å². The number of hydrogen-bond donors (Lipinski definition) is 0. The van der Waals surface area contributed by atoms with E-state index < -0.39 is 14.1 Å². The molecule has 0 fully saturated rings. The maximum atomic E-state index is 10.6. The van der Waals surface area contributed by atoms with Crippen molar-refractivity contribution in [2.75, 3.05) is 0 Å². The maximum absolute atomic E-state index is 10.6. The van der Waals surface area contributed by atoms with Crippen molar-refractivity contribution >= 4 is 33.9 Å². The first-order chi connectivity index (χ1) is 6.20. The van der Waals surface area contributed by atoms with Crippen LogP contribution >= 0.6 is 0 Å². The lowest BCUT2D eigenvalue weighted by molar-refractivity contribution is -0.117. The second-order valence-electron chi connectivity index (χ2n) is 3.17. The molecule has 0 heterocycles. The van der Waals surface area contributed by atoms with Gasteiger partial charge in [0, 0.05) is 0 Å². The lowest BCUT2D eigenvalue weighted by Crippen LogP contribution is -2.39. The SMILES string of the molecule is CC(C)=O.C[C](=O)[Al]([C](C)=O)[C](C)=O. The molecular weight excluding hydrogens is 199 g/mol. The van der Waals surface area contributed by atoms with Crippen LogP contribution in [-0.4, -0.2) is 33.9 Å². The molecule has 0 N–H and O–H groups in total. The van der Waals surface area contributed by atoms with Crippen molar-refractivity contribution in [2.45, 2.75) is 34.6 Å². The van der Waals surface area contributed by atoms with Gasteiger partial charge in [0.05, 0.1) is 13.9 Å². The van der Waals surface area contributed by atoms with Crippen molar-refractivity contribution in [3.63, 3.8) is 0 Å². The molecule has 0 amide bonds. The van der Waals surface area contributed by atoms with Gasteiger partial charge in [0.2, 0.25) is 0 Å². The summed E-state index contributed by atoms with van der Waals surface area (Å²) in [6, 6.07) is 0. The van der Waals surface area contributed by atoms with Crippen LogP contribution in [0, 0.1) is 0 Å². The first-order valence-corrected chi connectivity index (χ1v) is 5.91. The third-order valence-corrected chi connectivity index (χ3v) is 3.66. The molecule has 0 aliphatic heterocycles. The highest BCUT2D eigenvalue weighted by atomic mass is 27.2. The normalized spacial score (nSPS) is 8.07. The molecule has 0 aliphatic carbocycles. The molecule has 14 heavy (non-hydrogen) atoms. The van der Waals surface area contributed by atoms with Gasteiger partial charge in [0.15, 0.2) is 0 Å². The fourth-order valence-electron chi connectivity index (χ4n) is 0.859. The van der Waals surface area contributed by atoms with Gasteiger partial charge in [0.1, 0.15) is 5.78 Å². The molecule has 0 saturated heterocycles. The molecule has 0 aliphatic rings. The van der Waals surface area contributed by atoms with Crippen molar-refractivity contribution < 1.29 is 19.2 Å². The lowest BCUT2D eigenvalue weighted by Gasteiger charge is -1.95. The average Bonchev–Trinajstić information content (AvgIpc) is 1.80. The van der Waals surface area contributed by atoms with E-state index in [9.17, 15) is 19.2 Å². The van der Waals surface area contributed by atoms with Crippen LogP contribution in [0.3, 0.4) is 0 Å². The Labute approximate surface area is 88.1 Å². The van der Waals surface area contributed by atoms with E-state index in [1.54, 1.807) is 0 Å². The Morgan fingerprint density at radius 1 is 0.643 bits per heavy atom. The van der Waals surface area contributed by atoms with Gasteiger partial charge >= 0.3 is 14.1 Å². The van der Waals surface area contributed by atoms with Crippen LogP contribution in [0.4, 0.5) is 0 Å². The highest BCUT2D eigenvalue weighted by Crippen LogP contribution is 1.88. The van der Waals surface area contributed by atoms with Crippen LogP contribution in [0.5, 0.6) is 0 Å². The summed E-state index contributed by atoms with van der Waals surface area (Å²) in [6.07, 6.45) is 0. The van der Waals surface area contributed by atoms with Gasteiger partial charge < -0.3 is 19.2 Å². The zero-order valence-electron chi connectivity index (χ0n) is 9.21. The van der Waals surface area contributed by atoms with E-state index in [0.29, 0.717) is 0 Å². The molecule has 0 rings (SSSR count). The van der Waals surface area contributed by atoms with Crippen molar-refractivity contribution in [3.8, 4) is 0 Å². The Hall–Kier alpha value is -0.788. The highest BCUT2D eigenvalue weighted by Gasteiger charge is 2.35. The fourth-order valence-corrected chi connectivity index (χ4v) is 2.58. The van der Waals surface area contributed by atoms with Crippen molar-refractivity contribution in [2.24, 2.45) is 0 Å². The first kappa shape index (κ1) is 15.7. The van der Waals surface area contributed by atoms with Gasteiger partial charge in [-0.05, 0) is 34.6 Å². The molecule has 5 heteroatoms. The quantitative estimate of drug-likeness (QED) is 0.640. The summed E-state index contributed by atoms with van der Waals surface area (Å²) in [5.41, 5.74) is 0. The van der Waals surface area contributed by atoms with Crippen molar-refractivity contribution in [1.29, 1.82) is 0 Å². The lowest BCUT2D eigenvalue weighted by atomic mass is 10.6. The van der Waals surface area contributed by atoms with Crippen LogP contribution in [0.2, 0.25) is 0 Å². The van der Waals surface area contributed by atoms with Gasteiger partial charge in [0.25, 0.3) is 0 Å². The van der Waals surface area contributed by atoms with Gasteiger partial charge in [-0.15, -0.1) is 0 Å². The summed E-state index contributed by atoms with van der Waals surface area (Å²) >= 11 is -2.37. The highest BCUT2D eigenvalue weighted by molar-refractivity contribution is 7.27. The fraction of sp³-hybridized carbons (Fsp3) is 0.556. The van der Waals surface area contributed by atoms with E-state index in [4.69, 9.17) is 0 Å². The zero-order valence-corrected chi connectivity index (χ0v) is 10.4. The van der Waals surface area contributed by atoms with E-state index >= 15 is 0 Å². The predicted octanol–water partition coefficient (Wildman–Crippen LogP) is 0.461. The summed E-state index contributed by atoms with van der Waals surface area (Å²) in [5.74, 6) is 0.167. The molecule has 0 aromatic rings. The Bertz CT molecular complexity index is 220. The minimum Gasteiger partial charge on any atom is -0.320 e. The number of rotatable bonds is 3. The van der Waals surface area contributed by atoms with Gasteiger partial charge in [-0.2, -0.15) is 0 Å². The molecule has 0 unspecified atom stereocenters. The molecule has 78 valence electrons. The Balaban J connectivity index is 0. The first-order valence-electron chi connectivity index (χ1n) is 4.18. The molecule has 0 radical (unpaired) electrons. The van der Waals surface area contributed by atoms with E-state index in [-0.39, 0.29) is 19.7 Å². The number of carbonyl (C=O) groups excluding carboxylic acids is 4. The van der Waals surface area contributed by atoms with Crippen LogP contribution < -0.4 is 0 Å². The number of ketones is 1. The minimum absolute atomic E-state index is 0.167. The molecule has 0 atom stereocenters. The summed E-state index contributed by atoms with van der Waals surface area (Å²) in [5, 5.41) is 0. The predicted molar refractivity (Wildman–Crippen MR) is 54.2 cm³/mol. The minimum atomic E-state index is -2.37. The second-order valence-corrected chi connectivity index (χ2v) is 6.48. The third-order valence-electron chi connectivity index (χ3n) is 1.22. The molecule has 0 bridgehead atoms. The van der Waals surface area contributed by atoms with E-state index in [0.717, 1.165) is 0 Å². The molecule has 0 aromatic carbocycles. The molecule has 0 aromatic heterocycles. The Morgan fingerprint density at radius 3 is 0.786 bits per heavy atom. The smallest absolute Gasteiger partial charge is 0.320 e. The zero-order chi connectivity index (χ0) is 11.9. The van der Waals surface area contributed by atoms with Crippen LogP contribution in [0.1, 0.15) is 34.6 Å². The van der Waals surface area contributed by atoms with E-state index in [2.05, 4.69) is 0 Å². The molecule has 4 nitrogen and oxygen atoms in total. The summed E-state index contributed by atoms with van der Waals surface area (Å²) in [7, 11) is 0. The maximum Gasteiger partial charge on any atom is 0.546 e. The van der Waals surface area contributed by atoms with Crippen LogP contribution in [0.25, 0.3) is 0 Å². The van der Waals surface area contributed by atoms with Crippen LogP contribution in [-0.2, 0) is 19.2 Å². The summed E-state index contributed by atoms with van der Waals surface area (Å²) in [4.78, 5) is 41.4. The Kier molecular flexibility index (Phi) is 8.51. The topological polar surface area (TPSA) is 68.3 Å². The standard InChI is InChI=1S/C3H6O.3C2H3O.Al/c1-3(2)4;3*1-2-3;/h1-2H3;3*1H3;. The Morgan fingerprint density at radius 2 is 0.786 bits per heavy atom. The van der Waals surface area contributed by atoms with Crippen molar-refractivity contribution in [3.05, 3.63) is 0 Å². The van der Waals surface area contributed by atoms with Crippen LogP contribution in [0.15, 0.2) is 0 Å².